The Kier molecular flexibility index (Phi) is 10.3. The van der Waals surface area contributed by atoms with E-state index in [0.717, 1.165) is 12.3 Å². The van der Waals surface area contributed by atoms with E-state index in [4.69, 9.17) is 30.2 Å². The number of hydrogen-bond donors (Lipinski definition) is 5. The number of rotatable bonds is 12. The summed E-state index contributed by atoms with van der Waals surface area (Å²) in [6, 6.07) is -1.51. The second kappa shape index (κ2) is 12.3. The fourth-order valence-electron chi connectivity index (χ4n) is 3.36. The molecular formula is C21H35F2N6O9P. The highest BCUT2D eigenvalue weighted by molar-refractivity contribution is 7.54. The number of ether oxygens (including phenoxy) is 3. The van der Waals surface area contributed by atoms with Crippen LogP contribution in [0.3, 0.4) is 0 Å². The minimum absolute atomic E-state index is 0.242. The van der Waals surface area contributed by atoms with Gasteiger partial charge < -0.3 is 29.6 Å². The number of carbonyl (C=O) groups excluding carboxylic acids is 2. The van der Waals surface area contributed by atoms with Gasteiger partial charge in [-0.05, 0) is 47.6 Å². The predicted octanol–water partition coefficient (Wildman–Crippen LogP) is -0.0104. The second-order valence-corrected chi connectivity index (χ2v) is 11.4. The number of esters is 2. The lowest BCUT2D eigenvalue weighted by Crippen LogP contribution is -2.56. The lowest BCUT2D eigenvalue weighted by atomic mass is 10.1. The molecule has 5 atom stereocenters. The lowest BCUT2D eigenvalue weighted by molar-refractivity contribution is -0.149. The first-order chi connectivity index (χ1) is 17.8. The average Bonchev–Trinajstić information content (AvgIpc) is 2.97. The van der Waals surface area contributed by atoms with E-state index in [1.54, 1.807) is 27.7 Å². The van der Waals surface area contributed by atoms with Crippen LogP contribution in [0.2, 0.25) is 0 Å². The summed E-state index contributed by atoms with van der Waals surface area (Å²) in [5.74, 6) is -6.06. The summed E-state index contributed by atoms with van der Waals surface area (Å²) in [5, 5.41) is 15.1. The molecule has 15 nitrogen and oxygen atoms in total. The van der Waals surface area contributed by atoms with Crippen LogP contribution in [0, 0.1) is 0 Å². The Morgan fingerprint density at radius 1 is 1.15 bits per heavy atom. The van der Waals surface area contributed by atoms with Crippen molar-refractivity contribution in [1.29, 1.82) is 0 Å². The number of aliphatic hydroxyl groups excluding tert-OH is 1. The van der Waals surface area contributed by atoms with Crippen LogP contribution in [0.15, 0.2) is 17.1 Å². The van der Waals surface area contributed by atoms with Gasteiger partial charge in [0.25, 0.3) is 0 Å². The van der Waals surface area contributed by atoms with Crippen LogP contribution in [0.4, 0.5) is 14.6 Å². The smallest absolute Gasteiger partial charge is 0.351 e. The van der Waals surface area contributed by atoms with Crippen LogP contribution in [0.25, 0.3) is 0 Å². The van der Waals surface area contributed by atoms with Gasteiger partial charge in [0, 0.05) is 6.20 Å². The molecule has 7 N–H and O–H groups in total. The van der Waals surface area contributed by atoms with Crippen molar-refractivity contribution >= 4 is 25.4 Å². The van der Waals surface area contributed by atoms with Crippen molar-refractivity contribution in [2.45, 2.75) is 89.8 Å². The first kappa shape index (κ1) is 32.7. The molecule has 1 saturated heterocycles. The summed E-state index contributed by atoms with van der Waals surface area (Å²) in [4.78, 5) is 40.1. The Bertz CT molecular complexity index is 1120. The molecule has 2 unspecified atom stereocenters. The summed E-state index contributed by atoms with van der Waals surface area (Å²) in [7, 11) is -4.51. The van der Waals surface area contributed by atoms with E-state index in [-0.39, 0.29) is 5.82 Å². The number of aromatic nitrogens is 2. The summed E-state index contributed by atoms with van der Waals surface area (Å²) < 4.78 is 64.7. The standard InChI is InChI=1S/C21H35F2N6O9P/c1-10(2)36-15(30)12(5)27-39(34,28-13(6)16(31)37-11(3)4)35-9-20(25)17(32)21(22,23)18(38-20)29-8-7-14(24)26-19(29)33/h7-8,10-13,17-18,32H,9,25H2,1-6H3,(H2,24,26,33)(H2,27,28,34)/t12?,13?,17-,18-,20-,39?/m1/s1. The van der Waals surface area contributed by atoms with Gasteiger partial charge in [-0.2, -0.15) is 13.8 Å². The fraction of sp³-hybridized carbons (Fsp3) is 0.714. The van der Waals surface area contributed by atoms with Crippen LogP contribution in [0.5, 0.6) is 0 Å². The van der Waals surface area contributed by atoms with E-state index in [2.05, 4.69) is 15.2 Å². The van der Waals surface area contributed by atoms with E-state index in [0.29, 0.717) is 4.57 Å². The van der Waals surface area contributed by atoms with Crippen molar-refractivity contribution in [3.63, 3.8) is 0 Å². The Labute approximate surface area is 223 Å². The number of nitrogens with zero attached hydrogens (tertiary/aromatic N) is 2. The SMILES string of the molecule is CC(C)OC(=O)C(C)NP(=O)(NC(C)C(=O)OC(C)C)OC[C@@]1(N)O[C@@H](n2ccc(N)nc2=O)C(F)(F)[C@@H]1O. The highest BCUT2D eigenvalue weighted by Gasteiger charge is 2.66. The molecular weight excluding hydrogens is 549 g/mol. The normalized spacial score (nSPS) is 25.7. The average molecular weight is 585 g/mol. The van der Waals surface area contributed by atoms with Gasteiger partial charge in [0.15, 0.2) is 11.8 Å². The van der Waals surface area contributed by atoms with Crippen LogP contribution in [-0.4, -0.2) is 75.2 Å². The van der Waals surface area contributed by atoms with E-state index < -0.39 is 80.2 Å². The third-order valence-electron chi connectivity index (χ3n) is 5.20. The van der Waals surface area contributed by atoms with Gasteiger partial charge in [0.2, 0.25) is 6.23 Å². The Morgan fingerprint density at radius 2 is 1.64 bits per heavy atom. The van der Waals surface area contributed by atoms with Gasteiger partial charge in [0.1, 0.15) is 24.5 Å². The molecule has 2 heterocycles. The molecule has 1 fully saturated rings. The monoisotopic (exact) mass is 584 g/mol. The topological polar surface area (TPSA) is 219 Å². The number of nitrogens with two attached hydrogens (primary N) is 2. The zero-order chi connectivity index (χ0) is 29.9. The molecule has 1 aliphatic heterocycles. The number of aliphatic hydroxyl groups is 1. The lowest BCUT2D eigenvalue weighted by Gasteiger charge is -2.31. The number of halogens is 2. The molecule has 0 spiro atoms. The van der Waals surface area contributed by atoms with E-state index in [1.165, 1.54) is 13.8 Å². The van der Waals surface area contributed by atoms with Gasteiger partial charge in [-0.25, -0.2) is 15.0 Å². The minimum Gasteiger partial charge on any atom is -0.462 e. The number of carbonyl (C=O) groups is 2. The van der Waals surface area contributed by atoms with Gasteiger partial charge in [-0.1, -0.05) is 0 Å². The number of nitrogen functional groups attached to an aromatic ring is 1. The summed E-state index contributed by atoms with van der Waals surface area (Å²) in [6.45, 7) is 7.73. The Balaban J connectivity index is 2.32. The largest absolute Gasteiger partial charge is 0.462 e. The van der Waals surface area contributed by atoms with E-state index >= 15 is 8.78 Å². The Morgan fingerprint density at radius 3 is 2.08 bits per heavy atom. The maximum Gasteiger partial charge on any atom is 0.351 e. The molecule has 222 valence electrons. The van der Waals surface area contributed by atoms with Gasteiger partial charge >= 0.3 is 31.2 Å². The number of alkyl halides is 2. The Hall–Kier alpha value is -2.53. The third-order valence-corrected chi connectivity index (χ3v) is 7.15. The van der Waals surface area contributed by atoms with E-state index in [1.807, 2.05) is 0 Å². The third kappa shape index (κ3) is 8.00. The number of hydrogen-bond acceptors (Lipinski definition) is 12. The molecule has 0 aliphatic carbocycles. The molecule has 0 aromatic carbocycles. The minimum atomic E-state index is -4.51. The molecule has 0 amide bonds. The van der Waals surface area contributed by atoms with Crippen LogP contribution in [0.1, 0.15) is 47.8 Å². The fourth-order valence-corrected chi connectivity index (χ4v) is 5.20. The van der Waals surface area contributed by atoms with Crippen molar-refractivity contribution in [1.82, 2.24) is 19.7 Å². The highest BCUT2D eigenvalue weighted by Crippen LogP contribution is 2.48. The zero-order valence-electron chi connectivity index (χ0n) is 22.3. The zero-order valence-corrected chi connectivity index (χ0v) is 23.2. The van der Waals surface area contributed by atoms with Gasteiger partial charge in [-0.3, -0.25) is 24.5 Å². The maximum atomic E-state index is 15.0. The predicted molar refractivity (Wildman–Crippen MR) is 132 cm³/mol. The maximum absolute atomic E-state index is 15.0. The molecule has 0 radical (unpaired) electrons. The molecule has 2 rings (SSSR count). The van der Waals surface area contributed by atoms with Crippen molar-refractivity contribution in [2.24, 2.45) is 5.73 Å². The van der Waals surface area contributed by atoms with Crippen LogP contribution >= 0.6 is 7.67 Å². The first-order valence-electron chi connectivity index (χ1n) is 11.9. The molecule has 1 aromatic heterocycles. The number of nitrogens with one attached hydrogen (secondary N) is 2. The molecule has 0 saturated carbocycles. The van der Waals surface area contributed by atoms with Crippen molar-refractivity contribution in [2.75, 3.05) is 12.3 Å². The summed E-state index contributed by atoms with van der Waals surface area (Å²) in [6.07, 6.45) is -5.36. The van der Waals surface area contributed by atoms with Crippen LogP contribution in [-0.2, 0) is 32.9 Å². The van der Waals surface area contributed by atoms with Gasteiger partial charge in [0.05, 0.1) is 12.2 Å². The highest BCUT2D eigenvalue weighted by atomic mass is 31.2. The first-order valence-corrected chi connectivity index (χ1v) is 13.5. The second-order valence-electron chi connectivity index (χ2n) is 9.54. The van der Waals surface area contributed by atoms with Crippen molar-refractivity contribution < 1.29 is 46.8 Å². The van der Waals surface area contributed by atoms with Gasteiger partial charge in [-0.15, -0.1) is 0 Å². The van der Waals surface area contributed by atoms with E-state index in [9.17, 15) is 24.1 Å². The molecule has 1 aromatic rings. The van der Waals surface area contributed by atoms with Crippen molar-refractivity contribution in [3.8, 4) is 0 Å². The summed E-state index contributed by atoms with van der Waals surface area (Å²) >= 11 is 0. The number of anilines is 1. The quantitative estimate of drug-likeness (QED) is 0.161. The summed E-state index contributed by atoms with van der Waals surface area (Å²) in [5.41, 5.74) is 7.36. The van der Waals surface area contributed by atoms with Crippen molar-refractivity contribution in [3.05, 3.63) is 22.7 Å². The van der Waals surface area contributed by atoms with Crippen LogP contribution < -0.4 is 27.3 Å². The molecule has 1 aliphatic rings. The molecule has 0 bridgehead atoms. The molecule has 39 heavy (non-hydrogen) atoms. The molecule has 18 heteroatoms.